The molecule has 4 heteroatoms. The molecule has 1 aliphatic rings. The number of rotatable bonds is 4. The van der Waals surface area contributed by atoms with Crippen molar-refractivity contribution in [1.29, 1.82) is 0 Å². The Morgan fingerprint density at radius 3 is 2.67 bits per heavy atom. The molecule has 1 saturated heterocycles. The third kappa shape index (κ3) is 3.85. The number of piperidine rings is 1. The quantitative estimate of drug-likeness (QED) is 0.896. The fourth-order valence-corrected chi connectivity index (χ4v) is 2.71. The van der Waals surface area contributed by atoms with Gasteiger partial charge in [-0.1, -0.05) is 18.5 Å². The van der Waals surface area contributed by atoms with Crippen LogP contribution >= 0.6 is 11.6 Å². The summed E-state index contributed by atoms with van der Waals surface area (Å²) in [6.07, 6.45) is 3.42. The molecule has 0 radical (unpaired) electrons. The summed E-state index contributed by atoms with van der Waals surface area (Å²) in [5.41, 5.74) is 0.786. The van der Waals surface area contributed by atoms with E-state index in [1.807, 2.05) is 0 Å². The van der Waals surface area contributed by atoms with Crippen LogP contribution in [0.3, 0.4) is 0 Å². The molecule has 100 valence electrons. The van der Waals surface area contributed by atoms with Gasteiger partial charge in [-0.2, -0.15) is 0 Å². The van der Waals surface area contributed by atoms with E-state index in [0.717, 1.165) is 31.6 Å². The Morgan fingerprint density at radius 1 is 1.33 bits per heavy atom. The second-order valence-corrected chi connectivity index (χ2v) is 5.35. The molecule has 0 saturated carbocycles. The van der Waals surface area contributed by atoms with Crippen LogP contribution in [0.1, 0.15) is 26.2 Å². The normalized spacial score (nSPS) is 17.9. The van der Waals surface area contributed by atoms with Crippen molar-refractivity contribution < 1.29 is 4.39 Å². The van der Waals surface area contributed by atoms with E-state index in [9.17, 15) is 4.39 Å². The summed E-state index contributed by atoms with van der Waals surface area (Å²) in [5, 5.41) is 3.82. The van der Waals surface area contributed by atoms with Crippen molar-refractivity contribution in [2.24, 2.45) is 0 Å². The lowest BCUT2D eigenvalue weighted by Gasteiger charge is -2.32. The molecule has 1 aliphatic heterocycles. The lowest BCUT2D eigenvalue weighted by Crippen LogP contribution is -2.39. The molecule has 18 heavy (non-hydrogen) atoms. The number of nitrogens with one attached hydrogen (secondary N) is 1. The number of hydrogen-bond donors (Lipinski definition) is 1. The van der Waals surface area contributed by atoms with Gasteiger partial charge in [0.05, 0.1) is 0 Å². The van der Waals surface area contributed by atoms with Gasteiger partial charge in [0.15, 0.2) is 0 Å². The van der Waals surface area contributed by atoms with Crippen LogP contribution < -0.4 is 5.32 Å². The fraction of sp³-hybridized carbons (Fsp3) is 0.571. The van der Waals surface area contributed by atoms with Crippen LogP contribution in [0.25, 0.3) is 0 Å². The first-order valence-electron chi connectivity index (χ1n) is 6.62. The van der Waals surface area contributed by atoms with Crippen LogP contribution in [-0.2, 0) is 0 Å². The van der Waals surface area contributed by atoms with Crippen molar-refractivity contribution in [3.05, 3.63) is 29.0 Å². The first kappa shape index (κ1) is 13.6. The van der Waals surface area contributed by atoms with Gasteiger partial charge >= 0.3 is 0 Å². The molecule has 0 amide bonds. The predicted molar refractivity (Wildman–Crippen MR) is 74.8 cm³/mol. The van der Waals surface area contributed by atoms with Crippen LogP contribution in [0.4, 0.5) is 10.1 Å². The van der Waals surface area contributed by atoms with E-state index in [0.29, 0.717) is 11.1 Å². The molecule has 2 rings (SSSR count). The Kier molecular flexibility index (Phi) is 4.84. The van der Waals surface area contributed by atoms with Gasteiger partial charge < -0.3 is 10.2 Å². The average molecular weight is 271 g/mol. The molecule has 1 N–H and O–H groups in total. The van der Waals surface area contributed by atoms with Crippen LogP contribution in [0.5, 0.6) is 0 Å². The van der Waals surface area contributed by atoms with Crippen LogP contribution in [0, 0.1) is 5.82 Å². The molecule has 1 fully saturated rings. The average Bonchev–Trinajstić information content (AvgIpc) is 2.31. The maximum atomic E-state index is 13.2. The van der Waals surface area contributed by atoms with Crippen LogP contribution in [0.15, 0.2) is 18.2 Å². The van der Waals surface area contributed by atoms with Crippen LogP contribution in [-0.4, -0.2) is 30.6 Å². The summed E-state index contributed by atoms with van der Waals surface area (Å²) in [4.78, 5) is 2.48. The second-order valence-electron chi connectivity index (χ2n) is 4.92. The van der Waals surface area contributed by atoms with Crippen molar-refractivity contribution in [2.75, 3.05) is 25.0 Å². The third-order valence-electron chi connectivity index (χ3n) is 3.36. The van der Waals surface area contributed by atoms with Crippen LogP contribution in [0.2, 0.25) is 5.02 Å². The molecule has 2 nitrogen and oxygen atoms in total. The third-order valence-corrected chi connectivity index (χ3v) is 3.58. The molecule has 0 aromatic heterocycles. The molecule has 1 aromatic rings. The Hall–Kier alpha value is -0.800. The molecule has 0 aliphatic carbocycles. The van der Waals surface area contributed by atoms with E-state index in [2.05, 4.69) is 17.1 Å². The van der Waals surface area contributed by atoms with Crippen molar-refractivity contribution in [3.63, 3.8) is 0 Å². The summed E-state index contributed by atoms with van der Waals surface area (Å²) in [5.74, 6) is -0.284. The van der Waals surface area contributed by atoms with E-state index in [-0.39, 0.29) is 5.82 Å². The summed E-state index contributed by atoms with van der Waals surface area (Å²) in [7, 11) is 0. The van der Waals surface area contributed by atoms with Gasteiger partial charge in [-0.15, -0.1) is 0 Å². The highest BCUT2D eigenvalue weighted by molar-refractivity contribution is 6.30. The van der Waals surface area contributed by atoms with Crippen molar-refractivity contribution >= 4 is 17.3 Å². The van der Waals surface area contributed by atoms with Gasteiger partial charge in [0, 0.05) is 29.8 Å². The highest BCUT2D eigenvalue weighted by Crippen LogP contribution is 2.21. The molecule has 1 heterocycles. The first-order chi connectivity index (χ1) is 8.67. The van der Waals surface area contributed by atoms with Gasteiger partial charge in [0.2, 0.25) is 0 Å². The van der Waals surface area contributed by atoms with Gasteiger partial charge in [0.25, 0.3) is 0 Å². The number of nitrogens with zero attached hydrogens (tertiary/aromatic N) is 1. The highest BCUT2D eigenvalue weighted by atomic mass is 35.5. The largest absolute Gasteiger partial charge is 0.382 e. The smallest absolute Gasteiger partial charge is 0.126 e. The van der Waals surface area contributed by atoms with Crippen molar-refractivity contribution in [1.82, 2.24) is 4.90 Å². The molecule has 0 bridgehead atoms. The SMILES string of the molecule is CCCN1CCC(Nc2cc(F)cc(Cl)c2)CC1. The Labute approximate surface area is 113 Å². The highest BCUT2D eigenvalue weighted by Gasteiger charge is 2.18. The Morgan fingerprint density at radius 2 is 2.06 bits per heavy atom. The van der Waals surface area contributed by atoms with E-state index >= 15 is 0 Å². The second kappa shape index (κ2) is 6.39. The summed E-state index contributed by atoms with van der Waals surface area (Å²) in [6, 6.07) is 5.04. The number of anilines is 1. The minimum Gasteiger partial charge on any atom is -0.382 e. The van der Waals surface area contributed by atoms with Gasteiger partial charge in [0.1, 0.15) is 5.82 Å². The zero-order valence-corrected chi connectivity index (χ0v) is 11.5. The summed E-state index contributed by atoms with van der Waals surface area (Å²) < 4.78 is 13.2. The summed E-state index contributed by atoms with van der Waals surface area (Å²) >= 11 is 5.84. The predicted octanol–water partition coefficient (Wildman–Crippen LogP) is 3.77. The topological polar surface area (TPSA) is 15.3 Å². The molecule has 0 unspecified atom stereocenters. The lowest BCUT2D eigenvalue weighted by atomic mass is 10.0. The Bertz CT molecular complexity index is 369. The summed E-state index contributed by atoms with van der Waals surface area (Å²) in [6.45, 7) is 5.63. The zero-order chi connectivity index (χ0) is 13.0. The monoisotopic (exact) mass is 270 g/mol. The Balaban J connectivity index is 1.87. The maximum absolute atomic E-state index is 13.2. The standard InChI is InChI=1S/C14H20ClFN2/c1-2-5-18-6-3-13(4-7-18)17-14-9-11(15)8-12(16)10-14/h8-10,13,17H,2-7H2,1H3. The number of halogens is 2. The van der Waals surface area contributed by atoms with E-state index in [4.69, 9.17) is 11.6 Å². The van der Waals surface area contributed by atoms with Gasteiger partial charge in [-0.05, 0) is 44.0 Å². The van der Waals surface area contributed by atoms with Gasteiger partial charge in [-0.25, -0.2) is 4.39 Å². The van der Waals surface area contributed by atoms with Crippen molar-refractivity contribution in [3.8, 4) is 0 Å². The number of likely N-dealkylation sites (tertiary alicyclic amines) is 1. The minimum atomic E-state index is -0.284. The molecular weight excluding hydrogens is 251 g/mol. The maximum Gasteiger partial charge on any atom is 0.126 e. The van der Waals surface area contributed by atoms with E-state index in [1.165, 1.54) is 25.1 Å². The number of hydrogen-bond acceptors (Lipinski definition) is 2. The van der Waals surface area contributed by atoms with E-state index in [1.54, 1.807) is 6.07 Å². The number of benzene rings is 1. The zero-order valence-electron chi connectivity index (χ0n) is 10.8. The molecule has 0 atom stereocenters. The van der Waals surface area contributed by atoms with E-state index < -0.39 is 0 Å². The molecule has 0 spiro atoms. The lowest BCUT2D eigenvalue weighted by molar-refractivity contribution is 0.219. The molecular formula is C14H20ClFN2. The molecule has 1 aromatic carbocycles. The fourth-order valence-electron chi connectivity index (χ4n) is 2.49. The van der Waals surface area contributed by atoms with Crippen molar-refractivity contribution in [2.45, 2.75) is 32.2 Å². The minimum absolute atomic E-state index is 0.284. The first-order valence-corrected chi connectivity index (χ1v) is 7.00. The van der Waals surface area contributed by atoms with Gasteiger partial charge in [-0.3, -0.25) is 0 Å².